The van der Waals surface area contributed by atoms with Gasteiger partial charge in [-0.3, -0.25) is 0 Å². The molecule has 0 saturated carbocycles. The van der Waals surface area contributed by atoms with Crippen LogP contribution in [0.5, 0.6) is 0 Å². The second-order valence-corrected chi connectivity index (χ2v) is 4.32. The molecule has 110 valence electrons. The van der Waals surface area contributed by atoms with Crippen LogP contribution in [-0.2, 0) is 0 Å². The summed E-state index contributed by atoms with van der Waals surface area (Å²) in [6, 6.07) is 2.43. The molecular weight excluding hydrogens is 283 g/mol. The molecular formula is C15H18F3NS. The average molecular weight is 301 g/mol. The predicted molar refractivity (Wildman–Crippen MR) is 82.2 cm³/mol. The van der Waals surface area contributed by atoms with Gasteiger partial charge in [0.2, 0.25) is 0 Å². The number of allylic oxidation sites excluding steroid dienone is 3. The maximum absolute atomic E-state index is 13.6. The maximum atomic E-state index is 13.6. The molecule has 0 fully saturated rings. The van der Waals surface area contributed by atoms with Gasteiger partial charge in [-0.1, -0.05) is 33.1 Å². The van der Waals surface area contributed by atoms with Crippen molar-refractivity contribution in [1.82, 2.24) is 0 Å². The van der Waals surface area contributed by atoms with Crippen LogP contribution in [0.4, 0.5) is 18.9 Å². The Hall–Kier alpha value is -1.62. The predicted octanol–water partition coefficient (Wildman–Crippen LogP) is 5.91. The quantitative estimate of drug-likeness (QED) is 0.535. The highest BCUT2D eigenvalue weighted by Gasteiger charge is 2.09. The monoisotopic (exact) mass is 301 g/mol. The van der Waals surface area contributed by atoms with E-state index in [0.29, 0.717) is 4.91 Å². The van der Waals surface area contributed by atoms with Gasteiger partial charge in [0.1, 0.15) is 11.6 Å². The van der Waals surface area contributed by atoms with Crippen molar-refractivity contribution >= 4 is 17.6 Å². The lowest BCUT2D eigenvalue weighted by Crippen LogP contribution is -1.96. The summed E-state index contributed by atoms with van der Waals surface area (Å²) >= 11 is 0.961. The topological polar surface area (TPSA) is 12.0 Å². The molecule has 0 atom stereocenters. The number of halogens is 3. The third-order valence-electron chi connectivity index (χ3n) is 2.10. The van der Waals surface area contributed by atoms with Gasteiger partial charge in [0.25, 0.3) is 0 Å². The Morgan fingerprint density at radius 2 is 1.90 bits per heavy atom. The fourth-order valence-electron chi connectivity index (χ4n) is 1.14. The Balaban J connectivity index is 0.00000172. The molecule has 0 saturated heterocycles. The van der Waals surface area contributed by atoms with E-state index in [-0.39, 0.29) is 11.3 Å². The molecule has 1 rings (SSSR count). The number of anilines is 1. The highest BCUT2D eigenvalue weighted by atomic mass is 32.2. The fourth-order valence-corrected chi connectivity index (χ4v) is 1.79. The van der Waals surface area contributed by atoms with Crippen molar-refractivity contribution in [1.29, 1.82) is 0 Å². The van der Waals surface area contributed by atoms with Gasteiger partial charge in [-0.25, -0.2) is 13.2 Å². The Morgan fingerprint density at radius 3 is 2.40 bits per heavy atom. The molecule has 0 bridgehead atoms. The normalized spacial score (nSPS) is 10.4. The van der Waals surface area contributed by atoms with Crippen molar-refractivity contribution in [2.24, 2.45) is 0 Å². The van der Waals surface area contributed by atoms with Gasteiger partial charge in [-0.2, -0.15) is 0 Å². The van der Waals surface area contributed by atoms with E-state index >= 15 is 0 Å². The van der Waals surface area contributed by atoms with Crippen molar-refractivity contribution in [3.05, 3.63) is 65.4 Å². The van der Waals surface area contributed by atoms with Crippen LogP contribution >= 0.6 is 11.9 Å². The van der Waals surface area contributed by atoms with E-state index in [1.807, 2.05) is 13.8 Å². The van der Waals surface area contributed by atoms with E-state index in [9.17, 15) is 13.2 Å². The highest BCUT2D eigenvalue weighted by Crippen LogP contribution is 2.26. The van der Waals surface area contributed by atoms with Gasteiger partial charge in [0.05, 0.1) is 5.69 Å². The first-order valence-electron chi connectivity index (χ1n) is 6.01. The minimum absolute atomic E-state index is 0.0698. The molecule has 0 aliphatic carbocycles. The number of hydrogen-bond acceptors (Lipinski definition) is 2. The van der Waals surface area contributed by atoms with Crippen molar-refractivity contribution in [3.63, 3.8) is 0 Å². The molecule has 0 aliphatic heterocycles. The molecule has 1 nitrogen and oxygen atoms in total. The number of benzene rings is 1. The van der Waals surface area contributed by atoms with E-state index in [1.165, 1.54) is 19.1 Å². The van der Waals surface area contributed by atoms with Crippen molar-refractivity contribution in [2.45, 2.75) is 20.8 Å². The minimum Gasteiger partial charge on any atom is -0.323 e. The summed E-state index contributed by atoms with van der Waals surface area (Å²) in [6.07, 6.45) is 2.55. The van der Waals surface area contributed by atoms with E-state index < -0.39 is 17.5 Å². The summed E-state index contributed by atoms with van der Waals surface area (Å²) in [7, 11) is 0. The Labute approximate surface area is 122 Å². The van der Waals surface area contributed by atoms with Crippen molar-refractivity contribution < 1.29 is 13.2 Å². The smallest absolute Gasteiger partial charge is 0.152 e. The van der Waals surface area contributed by atoms with Gasteiger partial charge >= 0.3 is 0 Å². The van der Waals surface area contributed by atoms with E-state index in [0.717, 1.165) is 24.1 Å². The van der Waals surface area contributed by atoms with E-state index in [2.05, 4.69) is 17.9 Å². The summed E-state index contributed by atoms with van der Waals surface area (Å²) in [5.74, 6) is -1.92. The molecule has 5 heteroatoms. The zero-order valence-electron chi connectivity index (χ0n) is 11.8. The van der Waals surface area contributed by atoms with Crippen LogP contribution in [0.15, 0.2) is 48.2 Å². The van der Waals surface area contributed by atoms with Gasteiger partial charge in [0, 0.05) is 10.5 Å². The zero-order valence-corrected chi connectivity index (χ0v) is 12.6. The zero-order chi connectivity index (χ0) is 15.7. The Morgan fingerprint density at radius 1 is 1.30 bits per heavy atom. The summed E-state index contributed by atoms with van der Waals surface area (Å²) in [6.45, 7) is 11.9. The van der Waals surface area contributed by atoms with Crippen LogP contribution in [0.3, 0.4) is 0 Å². The van der Waals surface area contributed by atoms with Crippen LogP contribution in [0.1, 0.15) is 19.4 Å². The number of nitrogens with one attached hydrogen (secondary N) is 1. The highest BCUT2D eigenvalue weighted by molar-refractivity contribution is 8.04. The van der Waals surface area contributed by atoms with Crippen LogP contribution in [-0.4, -0.2) is 0 Å². The molecule has 1 aromatic rings. The molecule has 0 unspecified atom stereocenters. The summed E-state index contributed by atoms with van der Waals surface area (Å²) in [5.41, 5.74) is 0.0516. The van der Waals surface area contributed by atoms with Gasteiger partial charge in [0.15, 0.2) is 5.82 Å². The maximum Gasteiger partial charge on any atom is 0.152 e. The second kappa shape index (κ2) is 9.31. The first kappa shape index (κ1) is 18.4. The summed E-state index contributed by atoms with van der Waals surface area (Å²) in [5, 5.41) is 0. The SMILES string of the molecule is C=C/C(=C\C(=C)F)SNc1ccc(F)c(C)c1F.CC. The van der Waals surface area contributed by atoms with Crippen molar-refractivity contribution in [2.75, 3.05) is 4.72 Å². The molecule has 0 spiro atoms. The second-order valence-electron chi connectivity index (χ2n) is 3.44. The van der Waals surface area contributed by atoms with E-state index in [1.54, 1.807) is 0 Å². The Kier molecular flexibility index (Phi) is 8.56. The van der Waals surface area contributed by atoms with Gasteiger partial charge < -0.3 is 4.72 Å². The average Bonchev–Trinajstić information content (AvgIpc) is 2.44. The van der Waals surface area contributed by atoms with Crippen LogP contribution < -0.4 is 4.72 Å². The molecule has 0 aromatic heterocycles. The van der Waals surface area contributed by atoms with E-state index in [4.69, 9.17) is 0 Å². The number of hydrogen-bond donors (Lipinski definition) is 1. The largest absolute Gasteiger partial charge is 0.323 e. The number of rotatable bonds is 5. The first-order valence-corrected chi connectivity index (χ1v) is 6.83. The Bertz CT molecular complexity index is 510. The standard InChI is InChI=1S/C13H12F3NS.C2H6/c1-4-10(7-8(2)14)18-17-12-6-5-11(15)9(3)13(12)16;1-2/h4-7,17H,1-2H2,3H3;1-2H3/b10-7+;. The summed E-state index contributed by atoms with van der Waals surface area (Å²) in [4.78, 5) is 0.434. The van der Waals surface area contributed by atoms with Crippen LogP contribution in [0.25, 0.3) is 0 Å². The van der Waals surface area contributed by atoms with Crippen LogP contribution in [0, 0.1) is 18.6 Å². The molecule has 20 heavy (non-hydrogen) atoms. The lowest BCUT2D eigenvalue weighted by molar-refractivity contribution is 0.571. The summed E-state index contributed by atoms with van der Waals surface area (Å²) < 4.78 is 41.9. The molecule has 1 N–H and O–H groups in total. The molecule has 0 heterocycles. The van der Waals surface area contributed by atoms with Gasteiger partial charge in [-0.05, 0) is 37.1 Å². The molecule has 0 radical (unpaired) electrons. The molecule has 0 aliphatic rings. The van der Waals surface area contributed by atoms with Crippen molar-refractivity contribution in [3.8, 4) is 0 Å². The third kappa shape index (κ3) is 5.57. The lowest BCUT2D eigenvalue weighted by atomic mass is 10.2. The molecule has 0 amide bonds. The van der Waals surface area contributed by atoms with Gasteiger partial charge in [-0.15, -0.1) is 0 Å². The third-order valence-corrected chi connectivity index (χ3v) is 2.94. The lowest BCUT2D eigenvalue weighted by Gasteiger charge is -2.09. The minimum atomic E-state index is -0.676. The molecule has 1 aromatic carbocycles. The van der Waals surface area contributed by atoms with Crippen LogP contribution in [0.2, 0.25) is 0 Å². The fraction of sp³-hybridized carbons (Fsp3) is 0.200. The first-order chi connectivity index (χ1) is 9.45.